The molecule has 132 valence electrons. The van der Waals surface area contributed by atoms with Crippen LogP contribution in [-0.2, 0) is 6.42 Å². The Hall–Kier alpha value is -3.65. The van der Waals surface area contributed by atoms with Crippen LogP contribution in [0, 0.1) is 13.5 Å². The van der Waals surface area contributed by atoms with E-state index < -0.39 is 0 Å². The van der Waals surface area contributed by atoms with Crippen molar-refractivity contribution in [2.24, 2.45) is 0 Å². The van der Waals surface area contributed by atoms with Crippen molar-refractivity contribution in [3.63, 3.8) is 0 Å². The lowest BCUT2D eigenvalue weighted by Gasteiger charge is -2.09. The molecule has 0 amide bonds. The number of imidazole rings is 1. The largest absolute Gasteiger partial charge is 0.359 e. The summed E-state index contributed by atoms with van der Waals surface area (Å²) in [6, 6.07) is 17.5. The highest BCUT2D eigenvalue weighted by atomic mass is 16.1. The van der Waals surface area contributed by atoms with Crippen molar-refractivity contribution in [1.82, 2.24) is 14.6 Å². The molecule has 0 aliphatic rings. The van der Waals surface area contributed by atoms with Gasteiger partial charge in [0.2, 0.25) is 0 Å². The maximum absolute atomic E-state index is 13.3. The standard InChI is InChI=1S/C22H18N4O/c1-4-15-9-8-12-17(13-15)18-14(2)25-26-19(16-10-6-5-7-11-16)21(23-3)24-22(26)20(18)27/h5-13,25H,4H2,1-2H3. The Labute approximate surface area is 156 Å². The molecular formula is C22H18N4O. The van der Waals surface area contributed by atoms with Crippen LogP contribution in [0.5, 0.6) is 0 Å². The van der Waals surface area contributed by atoms with Gasteiger partial charge in [0.25, 0.3) is 16.9 Å². The van der Waals surface area contributed by atoms with Crippen molar-refractivity contribution in [2.45, 2.75) is 20.3 Å². The quantitative estimate of drug-likeness (QED) is 0.538. The molecule has 2 aromatic heterocycles. The van der Waals surface area contributed by atoms with Crippen LogP contribution < -0.4 is 5.43 Å². The molecule has 2 heterocycles. The van der Waals surface area contributed by atoms with E-state index in [4.69, 9.17) is 6.57 Å². The Morgan fingerprint density at radius 3 is 2.56 bits per heavy atom. The van der Waals surface area contributed by atoms with Crippen molar-refractivity contribution in [3.05, 3.63) is 87.5 Å². The first-order valence-corrected chi connectivity index (χ1v) is 8.81. The van der Waals surface area contributed by atoms with Gasteiger partial charge >= 0.3 is 0 Å². The van der Waals surface area contributed by atoms with Crippen LogP contribution in [0.15, 0.2) is 59.4 Å². The lowest BCUT2D eigenvalue weighted by Crippen LogP contribution is -2.14. The normalized spacial score (nSPS) is 10.9. The number of aromatic nitrogens is 3. The fourth-order valence-electron chi connectivity index (χ4n) is 3.40. The minimum atomic E-state index is -0.174. The lowest BCUT2D eigenvalue weighted by molar-refractivity contribution is 0.903. The molecule has 2 aromatic carbocycles. The van der Waals surface area contributed by atoms with E-state index in [1.165, 1.54) is 5.56 Å². The average Bonchev–Trinajstić information content (AvgIpc) is 3.07. The maximum atomic E-state index is 13.3. The van der Waals surface area contributed by atoms with Gasteiger partial charge in [0.05, 0.1) is 5.56 Å². The molecule has 0 aliphatic carbocycles. The summed E-state index contributed by atoms with van der Waals surface area (Å²) >= 11 is 0. The summed E-state index contributed by atoms with van der Waals surface area (Å²) in [6.07, 6.45) is 0.899. The third kappa shape index (κ3) is 2.72. The highest BCUT2D eigenvalue weighted by Gasteiger charge is 2.22. The van der Waals surface area contributed by atoms with Gasteiger partial charge in [-0.3, -0.25) is 9.89 Å². The Morgan fingerprint density at radius 2 is 1.85 bits per heavy atom. The number of aromatic amines is 1. The fraction of sp³-hybridized carbons (Fsp3) is 0.136. The molecule has 0 unspecified atom stereocenters. The number of hydrogen-bond acceptors (Lipinski definition) is 2. The number of fused-ring (bicyclic) bond motifs is 1. The molecule has 5 nitrogen and oxygen atoms in total. The molecule has 0 radical (unpaired) electrons. The van der Waals surface area contributed by atoms with Crippen molar-refractivity contribution in [2.75, 3.05) is 0 Å². The number of rotatable bonds is 3. The molecule has 4 aromatic rings. The first-order valence-electron chi connectivity index (χ1n) is 8.81. The summed E-state index contributed by atoms with van der Waals surface area (Å²) in [5.74, 6) is 0.216. The van der Waals surface area contributed by atoms with E-state index in [1.54, 1.807) is 4.52 Å². The van der Waals surface area contributed by atoms with Gasteiger partial charge < -0.3 is 4.85 Å². The molecule has 0 saturated heterocycles. The third-order valence-corrected chi connectivity index (χ3v) is 4.72. The molecule has 1 N–H and O–H groups in total. The predicted octanol–water partition coefficient (Wildman–Crippen LogP) is 4.78. The molecule has 0 aliphatic heterocycles. The Balaban J connectivity index is 2.04. The molecule has 5 heteroatoms. The summed E-state index contributed by atoms with van der Waals surface area (Å²) < 4.78 is 1.63. The summed E-state index contributed by atoms with van der Waals surface area (Å²) in [7, 11) is 0. The first kappa shape index (κ1) is 16.8. The highest BCUT2D eigenvalue weighted by Crippen LogP contribution is 2.31. The lowest BCUT2D eigenvalue weighted by atomic mass is 10.0. The average molecular weight is 354 g/mol. The van der Waals surface area contributed by atoms with Gasteiger partial charge in [-0.25, -0.2) is 4.52 Å². The van der Waals surface area contributed by atoms with Gasteiger partial charge in [0.15, 0.2) is 0 Å². The van der Waals surface area contributed by atoms with Gasteiger partial charge in [-0.05, 0) is 30.0 Å². The minimum absolute atomic E-state index is 0.174. The van der Waals surface area contributed by atoms with Crippen molar-refractivity contribution in [1.29, 1.82) is 0 Å². The predicted molar refractivity (Wildman–Crippen MR) is 107 cm³/mol. The van der Waals surface area contributed by atoms with E-state index in [-0.39, 0.29) is 16.9 Å². The van der Waals surface area contributed by atoms with E-state index >= 15 is 0 Å². The van der Waals surface area contributed by atoms with Crippen LogP contribution in [0.4, 0.5) is 5.82 Å². The summed E-state index contributed by atoms with van der Waals surface area (Å²) in [5.41, 5.74) is 4.88. The maximum Gasteiger partial charge on any atom is 0.298 e. The first-order chi connectivity index (χ1) is 13.1. The van der Waals surface area contributed by atoms with Crippen LogP contribution in [0.2, 0.25) is 0 Å². The molecule has 27 heavy (non-hydrogen) atoms. The van der Waals surface area contributed by atoms with Crippen LogP contribution >= 0.6 is 0 Å². The summed E-state index contributed by atoms with van der Waals surface area (Å²) in [6.45, 7) is 11.5. The Morgan fingerprint density at radius 1 is 1.11 bits per heavy atom. The zero-order valence-corrected chi connectivity index (χ0v) is 15.2. The van der Waals surface area contributed by atoms with Crippen LogP contribution in [0.25, 0.3) is 32.9 Å². The van der Waals surface area contributed by atoms with Gasteiger partial charge in [-0.15, -0.1) is 0 Å². The molecular weight excluding hydrogens is 336 g/mol. The summed E-state index contributed by atoms with van der Waals surface area (Å²) in [4.78, 5) is 21.1. The molecule has 0 bridgehead atoms. The second-order valence-corrected chi connectivity index (χ2v) is 6.42. The van der Waals surface area contributed by atoms with Crippen molar-refractivity contribution >= 4 is 11.5 Å². The van der Waals surface area contributed by atoms with Gasteiger partial charge in [-0.2, -0.15) is 0 Å². The van der Waals surface area contributed by atoms with Gasteiger partial charge in [0, 0.05) is 5.69 Å². The van der Waals surface area contributed by atoms with Crippen LogP contribution in [-0.4, -0.2) is 14.6 Å². The third-order valence-electron chi connectivity index (χ3n) is 4.72. The Kier molecular flexibility index (Phi) is 4.09. The van der Waals surface area contributed by atoms with Crippen LogP contribution in [0.3, 0.4) is 0 Å². The molecule has 0 fully saturated rings. The number of nitrogens with one attached hydrogen (secondary N) is 1. The fourth-order valence-corrected chi connectivity index (χ4v) is 3.40. The van der Waals surface area contributed by atoms with E-state index in [0.717, 1.165) is 23.2 Å². The zero-order valence-electron chi connectivity index (χ0n) is 15.2. The monoisotopic (exact) mass is 354 g/mol. The number of aryl methyl sites for hydroxylation is 2. The topological polar surface area (TPSA) is 54.5 Å². The van der Waals surface area contributed by atoms with Crippen LogP contribution in [0.1, 0.15) is 18.2 Å². The smallest absolute Gasteiger partial charge is 0.298 e. The molecule has 0 spiro atoms. The van der Waals surface area contributed by atoms with Crippen molar-refractivity contribution < 1.29 is 0 Å². The van der Waals surface area contributed by atoms with E-state index in [2.05, 4.69) is 21.9 Å². The van der Waals surface area contributed by atoms with E-state index in [0.29, 0.717) is 11.3 Å². The second-order valence-electron chi connectivity index (χ2n) is 6.42. The Bertz CT molecular complexity index is 1240. The molecule has 4 rings (SSSR count). The number of nitrogens with zero attached hydrogens (tertiary/aromatic N) is 3. The number of hydrogen-bond donors (Lipinski definition) is 1. The summed E-state index contributed by atoms with van der Waals surface area (Å²) in [5, 5.41) is 3.27. The zero-order chi connectivity index (χ0) is 19.0. The highest BCUT2D eigenvalue weighted by molar-refractivity contribution is 5.79. The van der Waals surface area contributed by atoms with E-state index in [1.807, 2.05) is 61.5 Å². The number of H-pyrrole nitrogens is 1. The van der Waals surface area contributed by atoms with Gasteiger partial charge in [-0.1, -0.05) is 73.1 Å². The van der Waals surface area contributed by atoms with Gasteiger partial charge in [0.1, 0.15) is 5.69 Å². The number of benzene rings is 2. The molecule has 0 atom stereocenters. The second kappa shape index (κ2) is 6.58. The molecule has 0 saturated carbocycles. The van der Waals surface area contributed by atoms with Crippen molar-refractivity contribution in [3.8, 4) is 22.4 Å². The SMILES string of the molecule is [C-]#[N+]c1nc2c(=O)c(-c3cccc(CC)c3)c(C)[nH]n2c1-c1ccccc1. The van der Waals surface area contributed by atoms with E-state index in [9.17, 15) is 4.79 Å². The minimum Gasteiger partial charge on any atom is -0.359 e.